The lowest BCUT2D eigenvalue weighted by molar-refractivity contribution is 0.0695. The van der Waals surface area contributed by atoms with Crippen LogP contribution < -0.4 is 0 Å². The van der Waals surface area contributed by atoms with Gasteiger partial charge in [-0.05, 0) is 18.8 Å². The van der Waals surface area contributed by atoms with Gasteiger partial charge in [0.05, 0.1) is 17.1 Å². The van der Waals surface area contributed by atoms with Crippen LogP contribution >= 0.6 is 0 Å². The third-order valence-electron chi connectivity index (χ3n) is 3.15. The van der Waals surface area contributed by atoms with Gasteiger partial charge in [0.15, 0.2) is 9.84 Å². The van der Waals surface area contributed by atoms with Gasteiger partial charge < -0.3 is 10.1 Å². The van der Waals surface area contributed by atoms with Gasteiger partial charge in [0, 0.05) is 17.0 Å². The van der Waals surface area contributed by atoms with Gasteiger partial charge in [0.1, 0.15) is 0 Å². The summed E-state index contributed by atoms with van der Waals surface area (Å²) in [5.74, 6) is -0.904. The first-order valence-corrected chi connectivity index (χ1v) is 6.97. The molecule has 0 atom stereocenters. The van der Waals surface area contributed by atoms with E-state index in [9.17, 15) is 13.2 Å². The van der Waals surface area contributed by atoms with Crippen LogP contribution in [-0.4, -0.2) is 24.5 Å². The van der Waals surface area contributed by atoms with Gasteiger partial charge in [-0.15, -0.1) is 0 Å². The predicted molar refractivity (Wildman–Crippen MR) is 56.1 cm³/mol. The van der Waals surface area contributed by atoms with Crippen LogP contribution in [0.1, 0.15) is 46.1 Å². The van der Waals surface area contributed by atoms with Gasteiger partial charge in [-0.1, -0.05) is 0 Å². The molecule has 1 saturated carbocycles. The van der Waals surface area contributed by atoms with E-state index in [1.807, 2.05) is 0 Å². The van der Waals surface area contributed by atoms with Crippen molar-refractivity contribution < 1.29 is 18.3 Å². The SMILES string of the molecule is O=C(O)c1c(C2CC2)[nH]c2c1CS(=O)(=O)C2. The first-order valence-electron chi connectivity index (χ1n) is 5.15. The maximum Gasteiger partial charge on any atom is 0.337 e. The number of aromatic nitrogens is 1. The maximum absolute atomic E-state index is 11.4. The maximum atomic E-state index is 11.4. The smallest absolute Gasteiger partial charge is 0.337 e. The summed E-state index contributed by atoms with van der Waals surface area (Å²) in [5.41, 5.74) is 2.00. The molecule has 2 N–H and O–H groups in total. The van der Waals surface area contributed by atoms with Crippen LogP contribution in [0.5, 0.6) is 0 Å². The molecule has 2 aliphatic rings. The molecular formula is C10H11NO4S. The van der Waals surface area contributed by atoms with Crippen molar-refractivity contribution in [3.63, 3.8) is 0 Å². The first-order chi connectivity index (χ1) is 7.48. The van der Waals surface area contributed by atoms with Gasteiger partial charge in [-0.3, -0.25) is 0 Å². The van der Waals surface area contributed by atoms with Crippen LogP contribution in [0.15, 0.2) is 0 Å². The number of hydrogen-bond acceptors (Lipinski definition) is 3. The molecule has 0 radical (unpaired) electrons. The molecule has 86 valence electrons. The largest absolute Gasteiger partial charge is 0.478 e. The summed E-state index contributed by atoms with van der Waals surface area (Å²) < 4.78 is 22.8. The Morgan fingerprint density at radius 1 is 1.31 bits per heavy atom. The minimum absolute atomic E-state index is 0.0463. The average Bonchev–Trinajstić information content (AvgIpc) is 2.85. The predicted octanol–water partition coefficient (Wildman–Crippen LogP) is 1.02. The van der Waals surface area contributed by atoms with Crippen LogP contribution in [0.2, 0.25) is 0 Å². The van der Waals surface area contributed by atoms with E-state index in [4.69, 9.17) is 5.11 Å². The van der Waals surface area contributed by atoms with Crippen LogP contribution in [0.25, 0.3) is 0 Å². The van der Waals surface area contributed by atoms with Crippen molar-refractivity contribution in [1.29, 1.82) is 0 Å². The second kappa shape index (κ2) is 2.88. The summed E-state index contributed by atoms with van der Waals surface area (Å²) >= 11 is 0. The Bertz CT molecular complexity index is 580. The number of aromatic amines is 1. The Balaban J connectivity index is 2.17. The standard InChI is InChI=1S/C10H11NO4S/c12-10(13)8-6-3-16(14,15)4-7(6)11-9(8)5-1-2-5/h5,11H,1-4H2,(H,12,13). The number of hydrogen-bond donors (Lipinski definition) is 2. The van der Waals surface area contributed by atoms with Crippen LogP contribution in [0.4, 0.5) is 0 Å². The molecule has 0 bridgehead atoms. The van der Waals surface area contributed by atoms with Crippen molar-refractivity contribution in [2.75, 3.05) is 0 Å². The Morgan fingerprint density at radius 3 is 2.56 bits per heavy atom. The number of sulfone groups is 1. The van der Waals surface area contributed by atoms with Gasteiger partial charge >= 0.3 is 5.97 Å². The zero-order valence-electron chi connectivity index (χ0n) is 8.49. The highest BCUT2D eigenvalue weighted by atomic mass is 32.2. The molecule has 1 fully saturated rings. The lowest BCUT2D eigenvalue weighted by Crippen LogP contribution is -2.05. The van der Waals surface area contributed by atoms with E-state index in [0.717, 1.165) is 18.5 Å². The molecule has 1 aliphatic heterocycles. The fraction of sp³-hybridized carbons (Fsp3) is 0.500. The Kier molecular flexibility index (Phi) is 1.78. The Hall–Kier alpha value is -1.30. The fourth-order valence-corrected chi connectivity index (χ4v) is 3.86. The lowest BCUT2D eigenvalue weighted by atomic mass is 10.1. The molecule has 1 aliphatic carbocycles. The quantitative estimate of drug-likeness (QED) is 0.809. The summed E-state index contributed by atoms with van der Waals surface area (Å²) in [7, 11) is -3.13. The van der Waals surface area contributed by atoms with E-state index in [0.29, 0.717) is 17.2 Å². The molecule has 1 aromatic rings. The Labute approximate surface area is 92.4 Å². The highest BCUT2D eigenvalue weighted by Crippen LogP contribution is 2.44. The van der Waals surface area contributed by atoms with Crippen molar-refractivity contribution in [2.45, 2.75) is 30.3 Å². The zero-order chi connectivity index (χ0) is 11.5. The molecule has 1 aromatic heterocycles. The van der Waals surface area contributed by atoms with Crippen molar-refractivity contribution in [1.82, 2.24) is 4.98 Å². The topological polar surface area (TPSA) is 87.2 Å². The van der Waals surface area contributed by atoms with Gasteiger partial charge in [-0.2, -0.15) is 0 Å². The van der Waals surface area contributed by atoms with Gasteiger partial charge in [0.25, 0.3) is 0 Å². The number of nitrogens with one attached hydrogen (secondary N) is 1. The van der Waals surface area contributed by atoms with E-state index in [2.05, 4.69) is 4.98 Å². The van der Waals surface area contributed by atoms with Crippen LogP contribution in [0, 0.1) is 0 Å². The summed E-state index contributed by atoms with van der Waals surface area (Å²) in [5, 5.41) is 9.15. The molecule has 2 heterocycles. The molecule has 0 saturated heterocycles. The average molecular weight is 241 g/mol. The number of carboxylic acid groups (broad SMARTS) is 1. The van der Waals surface area contributed by atoms with Crippen molar-refractivity contribution in [2.24, 2.45) is 0 Å². The third-order valence-corrected chi connectivity index (χ3v) is 4.61. The minimum atomic E-state index is -3.13. The Morgan fingerprint density at radius 2 is 2.00 bits per heavy atom. The van der Waals surface area contributed by atoms with E-state index in [-0.39, 0.29) is 17.1 Å². The fourth-order valence-electron chi connectivity index (χ4n) is 2.31. The number of carbonyl (C=O) groups is 1. The molecule has 0 aromatic carbocycles. The third kappa shape index (κ3) is 1.36. The molecule has 0 unspecified atom stereocenters. The van der Waals surface area contributed by atoms with E-state index in [1.54, 1.807) is 0 Å². The highest BCUT2D eigenvalue weighted by Gasteiger charge is 2.38. The van der Waals surface area contributed by atoms with Crippen LogP contribution in [0.3, 0.4) is 0 Å². The molecule has 0 amide bonds. The number of fused-ring (bicyclic) bond motifs is 1. The van der Waals surface area contributed by atoms with Crippen molar-refractivity contribution in [3.05, 3.63) is 22.5 Å². The van der Waals surface area contributed by atoms with Crippen molar-refractivity contribution in [3.8, 4) is 0 Å². The molecule has 0 spiro atoms. The number of H-pyrrole nitrogens is 1. The molecule has 3 rings (SSSR count). The van der Waals surface area contributed by atoms with Crippen LogP contribution in [-0.2, 0) is 21.3 Å². The summed E-state index contributed by atoms with van der Waals surface area (Å²) in [4.78, 5) is 14.2. The highest BCUT2D eigenvalue weighted by molar-refractivity contribution is 7.90. The normalized spacial score (nSPS) is 22.0. The monoisotopic (exact) mass is 241 g/mol. The molecule has 5 nitrogen and oxygen atoms in total. The second-order valence-corrected chi connectivity index (χ2v) is 6.55. The minimum Gasteiger partial charge on any atom is -0.478 e. The van der Waals surface area contributed by atoms with Gasteiger partial charge in [-0.25, -0.2) is 13.2 Å². The van der Waals surface area contributed by atoms with E-state index < -0.39 is 15.8 Å². The second-order valence-electron chi connectivity index (χ2n) is 4.48. The summed E-state index contributed by atoms with van der Waals surface area (Å²) in [6.07, 6.45) is 1.98. The van der Waals surface area contributed by atoms with E-state index in [1.165, 1.54) is 0 Å². The zero-order valence-corrected chi connectivity index (χ0v) is 9.30. The molecular weight excluding hydrogens is 230 g/mol. The van der Waals surface area contributed by atoms with Crippen molar-refractivity contribution >= 4 is 15.8 Å². The van der Waals surface area contributed by atoms with Gasteiger partial charge in [0.2, 0.25) is 0 Å². The lowest BCUT2D eigenvalue weighted by Gasteiger charge is -2.00. The number of carboxylic acids is 1. The number of rotatable bonds is 2. The summed E-state index contributed by atoms with van der Waals surface area (Å²) in [6, 6.07) is 0. The summed E-state index contributed by atoms with van der Waals surface area (Å²) in [6.45, 7) is 0. The number of aromatic carboxylic acids is 1. The van der Waals surface area contributed by atoms with E-state index >= 15 is 0 Å². The molecule has 6 heteroatoms. The molecule has 16 heavy (non-hydrogen) atoms. The first kappa shape index (κ1) is 9.89.